The fourth-order valence-corrected chi connectivity index (χ4v) is 3.56. The average molecular weight is 374 g/mol. The van der Waals surface area contributed by atoms with Gasteiger partial charge in [-0.15, -0.1) is 0 Å². The lowest BCUT2D eigenvalue weighted by atomic mass is 9.86. The Hall–Kier alpha value is -2.57. The summed E-state index contributed by atoms with van der Waals surface area (Å²) in [5, 5.41) is 14.7. The molecule has 0 spiro atoms. The molecule has 1 fully saturated rings. The summed E-state index contributed by atoms with van der Waals surface area (Å²) in [4.78, 5) is 23.6. The van der Waals surface area contributed by atoms with E-state index in [1.54, 1.807) is 12.1 Å². The number of aromatic nitrogens is 2. The molecule has 1 aromatic carbocycles. The fraction of sp³-hybridized carbons (Fsp3) is 0.550. The Morgan fingerprint density at radius 3 is 2.41 bits per heavy atom. The van der Waals surface area contributed by atoms with Crippen molar-refractivity contribution >= 4 is 22.8 Å². The SMILES string of the molecule is COc1cc2nn(C3CCC(C(=O)OC(C)(C)C)CC3)cc2cc1C(=O)O. The van der Waals surface area contributed by atoms with E-state index in [2.05, 4.69) is 5.10 Å². The third-order valence-electron chi connectivity index (χ3n) is 4.88. The van der Waals surface area contributed by atoms with Crippen LogP contribution in [-0.4, -0.2) is 39.5 Å². The molecule has 0 amide bonds. The molecule has 1 N–H and O–H groups in total. The minimum absolute atomic E-state index is 0.0656. The van der Waals surface area contributed by atoms with Crippen LogP contribution in [-0.2, 0) is 9.53 Å². The highest BCUT2D eigenvalue weighted by Gasteiger charge is 2.31. The first kappa shape index (κ1) is 19.2. The van der Waals surface area contributed by atoms with Crippen LogP contribution in [0.1, 0.15) is 62.9 Å². The number of ether oxygens (including phenoxy) is 2. The van der Waals surface area contributed by atoms with Crippen molar-refractivity contribution in [3.63, 3.8) is 0 Å². The van der Waals surface area contributed by atoms with Crippen molar-refractivity contribution < 1.29 is 24.2 Å². The lowest BCUT2D eigenvalue weighted by molar-refractivity contribution is -0.161. The van der Waals surface area contributed by atoms with Crippen molar-refractivity contribution in [3.8, 4) is 5.75 Å². The largest absolute Gasteiger partial charge is 0.496 e. The first-order valence-corrected chi connectivity index (χ1v) is 9.21. The van der Waals surface area contributed by atoms with Gasteiger partial charge >= 0.3 is 11.9 Å². The second kappa shape index (κ2) is 7.21. The van der Waals surface area contributed by atoms with Crippen LogP contribution in [0.2, 0.25) is 0 Å². The number of benzene rings is 1. The Kier molecular flexibility index (Phi) is 5.13. The summed E-state index contributed by atoms with van der Waals surface area (Å²) in [7, 11) is 1.45. The molecule has 1 aliphatic carbocycles. The van der Waals surface area contributed by atoms with Crippen LogP contribution in [0, 0.1) is 5.92 Å². The second-order valence-corrected chi connectivity index (χ2v) is 8.06. The Labute approximate surface area is 158 Å². The summed E-state index contributed by atoms with van der Waals surface area (Å²) < 4.78 is 12.6. The smallest absolute Gasteiger partial charge is 0.339 e. The zero-order chi connectivity index (χ0) is 19.8. The minimum Gasteiger partial charge on any atom is -0.496 e. The van der Waals surface area contributed by atoms with E-state index in [-0.39, 0.29) is 23.5 Å². The summed E-state index contributed by atoms with van der Waals surface area (Å²) in [6.45, 7) is 5.64. The van der Waals surface area contributed by atoms with Gasteiger partial charge in [0.1, 0.15) is 16.9 Å². The highest BCUT2D eigenvalue weighted by Crippen LogP contribution is 2.35. The third kappa shape index (κ3) is 4.23. The summed E-state index contributed by atoms with van der Waals surface area (Å²) in [6, 6.07) is 3.43. The molecule has 0 bridgehead atoms. The van der Waals surface area contributed by atoms with Gasteiger partial charge in [-0.05, 0) is 52.5 Å². The Morgan fingerprint density at radius 2 is 1.85 bits per heavy atom. The van der Waals surface area contributed by atoms with Crippen molar-refractivity contribution in [1.82, 2.24) is 9.78 Å². The predicted molar refractivity (Wildman–Crippen MR) is 100 cm³/mol. The quantitative estimate of drug-likeness (QED) is 0.818. The summed E-state index contributed by atoms with van der Waals surface area (Å²) in [6.07, 6.45) is 5.07. The van der Waals surface area contributed by atoms with Crippen molar-refractivity contribution in [3.05, 3.63) is 23.9 Å². The predicted octanol–water partition coefficient (Wildman–Crippen LogP) is 3.82. The maximum absolute atomic E-state index is 12.3. The normalized spacial score (nSPS) is 20.4. The third-order valence-corrected chi connectivity index (χ3v) is 4.88. The van der Waals surface area contributed by atoms with Gasteiger partial charge in [-0.1, -0.05) is 0 Å². The van der Waals surface area contributed by atoms with Gasteiger partial charge < -0.3 is 14.6 Å². The topological polar surface area (TPSA) is 90.7 Å². The molecule has 0 radical (unpaired) electrons. The first-order chi connectivity index (χ1) is 12.7. The molecule has 3 rings (SSSR count). The van der Waals surface area contributed by atoms with E-state index in [9.17, 15) is 14.7 Å². The van der Waals surface area contributed by atoms with Crippen LogP contribution < -0.4 is 4.74 Å². The van der Waals surface area contributed by atoms with E-state index in [0.717, 1.165) is 31.1 Å². The van der Waals surface area contributed by atoms with Gasteiger partial charge in [0.15, 0.2) is 0 Å². The molecule has 0 unspecified atom stereocenters. The van der Waals surface area contributed by atoms with Crippen molar-refractivity contribution in [2.45, 2.75) is 58.1 Å². The van der Waals surface area contributed by atoms with Crippen LogP contribution in [0.3, 0.4) is 0 Å². The summed E-state index contributed by atoms with van der Waals surface area (Å²) in [5.74, 6) is -0.917. The zero-order valence-corrected chi connectivity index (χ0v) is 16.2. The number of hydrogen-bond acceptors (Lipinski definition) is 5. The molecule has 1 aromatic heterocycles. The number of carboxylic acid groups (broad SMARTS) is 1. The van der Waals surface area contributed by atoms with Gasteiger partial charge in [0.25, 0.3) is 0 Å². The Balaban J connectivity index is 1.74. The van der Waals surface area contributed by atoms with Crippen LogP contribution in [0.25, 0.3) is 10.9 Å². The highest BCUT2D eigenvalue weighted by atomic mass is 16.6. The standard InChI is InChI=1S/C20H26N2O5/c1-20(2,3)27-19(25)12-5-7-14(8-6-12)22-11-13-9-15(18(23)24)17(26-4)10-16(13)21-22/h9-12,14H,5-8H2,1-4H3,(H,23,24). The number of esters is 1. The molecular weight excluding hydrogens is 348 g/mol. The molecule has 7 nitrogen and oxygen atoms in total. The minimum atomic E-state index is -1.03. The number of methoxy groups -OCH3 is 1. The highest BCUT2D eigenvalue weighted by molar-refractivity contribution is 5.96. The molecule has 0 atom stereocenters. The number of nitrogens with zero attached hydrogens (tertiary/aromatic N) is 2. The van der Waals surface area contributed by atoms with Crippen molar-refractivity contribution in [2.75, 3.05) is 7.11 Å². The lowest BCUT2D eigenvalue weighted by Crippen LogP contribution is -2.31. The average Bonchev–Trinajstić information content (AvgIpc) is 3.02. The second-order valence-electron chi connectivity index (χ2n) is 8.06. The summed E-state index contributed by atoms with van der Waals surface area (Å²) in [5.41, 5.74) is 0.360. The van der Waals surface area contributed by atoms with Crippen LogP contribution >= 0.6 is 0 Å². The Bertz CT molecular complexity index is 857. The van der Waals surface area contributed by atoms with Gasteiger partial charge in [-0.3, -0.25) is 9.48 Å². The number of hydrogen-bond donors (Lipinski definition) is 1. The van der Waals surface area contributed by atoms with Crippen molar-refractivity contribution in [2.24, 2.45) is 5.92 Å². The van der Waals surface area contributed by atoms with Crippen LogP contribution in [0.5, 0.6) is 5.75 Å². The van der Waals surface area contributed by atoms with Gasteiger partial charge in [0, 0.05) is 17.6 Å². The molecule has 0 saturated heterocycles. The van der Waals surface area contributed by atoms with E-state index in [0.29, 0.717) is 11.3 Å². The molecule has 0 aliphatic heterocycles. The first-order valence-electron chi connectivity index (χ1n) is 9.21. The maximum atomic E-state index is 12.3. The Morgan fingerprint density at radius 1 is 1.19 bits per heavy atom. The molecule has 1 saturated carbocycles. The maximum Gasteiger partial charge on any atom is 0.339 e. The molecule has 146 valence electrons. The van der Waals surface area contributed by atoms with E-state index in [1.807, 2.05) is 31.6 Å². The van der Waals surface area contributed by atoms with Crippen molar-refractivity contribution in [1.29, 1.82) is 0 Å². The number of carbonyl (C=O) groups excluding carboxylic acids is 1. The molecular formula is C20H26N2O5. The summed E-state index contributed by atoms with van der Waals surface area (Å²) >= 11 is 0. The molecule has 1 aliphatic rings. The van der Waals surface area contributed by atoms with Gasteiger partial charge in [0.2, 0.25) is 0 Å². The van der Waals surface area contributed by atoms with E-state index >= 15 is 0 Å². The van der Waals surface area contributed by atoms with E-state index in [1.165, 1.54) is 7.11 Å². The number of aromatic carboxylic acids is 1. The fourth-order valence-electron chi connectivity index (χ4n) is 3.56. The molecule has 1 heterocycles. The van der Waals surface area contributed by atoms with E-state index in [4.69, 9.17) is 9.47 Å². The molecule has 2 aromatic rings. The number of rotatable bonds is 4. The van der Waals surface area contributed by atoms with Gasteiger partial charge in [-0.25, -0.2) is 4.79 Å². The number of fused-ring (bicyclic) bond motifs is 1. The van der Waals surface area contributed by atoms with Crippen LogP contribution in [0.4, 0.5) is 0 Å². The van der Waals surface area contributed by atoms with E-state index < -0.39 is 11.6 Å². The zero-order valence-electron chi connectivity index (χ0n) is 16.2. The monoisotopic (exact) mass is 374 g/mol. The molecule has 27 heavy (non-hydrogen) atoms. The number of carbonyl (C=O) groups is 2. The van der Waals surface area contributed by atoms with Gasteiger partial charge in [0.05, 0.1) is 24.6 Å². The number of carboxylic acids is 1. The lowest BCUT2D eigenvalue weighted by Gasteiger charge is -2.29. The molecule has 7 heteroatoms. The van der Waals surface area contributed by atoms with Crippen LogP contribution in [0.15, 0.2) is 18.3 Å². The van der Waals surface area contributed by atoms with Gasteiger partial charge in [-0.2, -0.15) is 5.10 Å².